The lowest BCUT2D eigenvalue weighted by Crippen LogP contribution is -2.48. The molecule has 0 spiro atoms. The number of hydrogen-bond acceptors (Lipinski definition) is 4. The Kier molecular flexibility index (Phi) is 7.13. The van der Waals surface area contributed by atoms with Crippen molar-refractivity contribution >= 4 is 12.0 Å². The zero-order valence-electron chi connectivity index (χ0n) is 14.4. The lowest BCUT2D eigenvalue weighted by atomic mass is 10.0. The van der Waals surface area contributed by atoms with Crippen LogP contribution < -0.4 is 10.6 Å². The molecular formula is C16H30N2O4. The van der Waals surface area contributed by atoms with Crippen LogP contribution in [0.25, 0.3) is 0 Å². The monoisotopic (exact) mass is 314 g/mol. The van der Waals surface area contributed by atoms with Crippen LogP contribution in [0.5, 0.6) is 0 Å². The third-order valence-electron chi connectivity index (χ3n) is 3.22. The minimum absolute atomic E-state index is 0.0888. The molecule has 0 aliphatic carbocycles. The number of amides is 2. The molecule has 128 valence electrons. The molecule has 6 heteroatoms. The number of nitrogens with one attached hydrogen (secondary N) is 2. The van der Waals surface area contributed by atoms with Gasteiger partial charge in [-0.2, -0.15) is 0 Å². The van der Waals surface area contributed by atoms with Crippen molar-refractivity contribution in [3.05, 3.63) is 0 Å². The van der Waals surface area contributed by atoms with E-state index in [1.807, 2.05) is 20.8 Å². The number of rotatable bonds is 6. The van der Waals surface area contributed by atoms with Crippen molar-refractivity contribution in [2.24, 2.45) is 5.92 Å². The molecule has 1 rings (SSSR count). The highest BCUT2D eigenvalue weighted by Gasteiger charge is 2.26. The van der Waals surface area contributed by atoms with Gasteiger partial charge in [0.15, 0.2) is 0 Å². The van der Waals surface area contributed by atoms with Crippen LogP contribution in [0.4, 0.5) is 4.79 Å². The minimum Gasteiger partial charge on any atom is -0.444 e. The molecule has 0 aromatic carbocycles. The average molecular weight is 314 g/mol. The largest absolute Gasteiger partial charge is 0.444 e. The first-order valence-electron chi connectivity index (χ1n) is 8.06. The second kappa shape index (κ2) is 8.36. The smallest absolute Gasteiger partial charge is 0.407 e. The lowest BCUT2D eigenvalue weighted by Gasteiger charge is -2.24. The number of carbonyl (C=O) groups excluding carboxylic acids is 2. The van der Waals surface area contributed by atoms with Crippen molar-refractivity contribution in [3.63, 3.8) is 0 Å². The second-order valence-corrected chi connectivity index (χ2v) is 7.22. The van der Waals surface area contributed by atoms with Crippen molar-refractivity contribution in [3.8, 4) is 0 Å². The molecule has 6 nitrogen and oxygen atoms in total. The van der Waals surface area contributed by atoms with Gasteiger partial charge >= 0.3 is 6.09 Å². The van der Waals surface area contributed by atoms with E-state index in [0.717, 1.165) is 19.3 Å². The fourth-order valence-corrected chi connectivity index (χ4v) is 2.36. The van der Waals surface area contributed by atoms with E-state index in [1.165, 1.54) is 0 Å². The summed E-state index contributed by atoms with van der Waals surface area (Å²) in [5.74, 6) is 0.323. The highest BCUT2D eigenvalue weighted by molar-refractivity contribution is 5.81. The lowest BCUT2D eigenvalue weighted by molar-refractivity contribution is -0.130. The van der Waals surface area contributed by atoms with Gasteiger partial charge in [0.05, 0.1) is 0 Å². The van der Waals surface area contributed by atoms with Crippen LogP contribution in [0.15, 0.2) is 0 Å². The second-order valence-electron chi connectivity index (χ2n) is 7.22. The molecule has 1 aliphatic rings. The Morgan fingerprint density at radius 1 is 1.32 bits per heavy atom. The Morgan fingerprint density at radius 3 is 2.50 bits per heavy atom. The van der Waals surface area contributed by atoms with Crippen LogP contribution in [-0.4, -0.2) is 42.9 Å². The van der Waals surface area contributed by atoms with Crippen LogP contribution in [-0.2, 0) is 14.3 Å². The van der Waals surface area contributed by atoms with Crippen LogP contribution in [0.1, 0.15) is 53.9 Å². The zero-order valence-corrected chi connectivity index (χ0v) is 14.4. The quantitative estimate of drug-likeness (QED) is 0.788. The maximum atomic E-state index is 12.1. The first-order chi connectivity index (χ1) is 10.2. The molecule has 2 atom stereocenters. The molecule has 1 saturated heterocycles. The molecule has 1 fully saturated rings. The number of carbonyl (C=O) groups is 2. The molecule has 2 amide bonds. The normalized spacial score (nSPS) is 19.8. The molecule has 0 bridgehead atoms. The number of alkyl carbamates (subject to hydrolysis) is 1. The summed E-state index contributed by atoms with van der Waals surface area (Å²) in [7, 11) is 0. The van der Waals surface area contributed by atoms with Gasteiger partial charge in [-0.25, -0.2) is 4.79 Å². The van der Waals surface area contributed by atoms with Crippen molar-refractivity contribution in [2.45, 2.75) is 71.6 Å². The SMILES string of the molecule is CC(C)C[C@@H](CNC(=O)OC(C)(C)C)NC(=O)[C@@H]1CCCO1. The molecule has 0 radical (unpaired) electrons. The molecule has 2 N–H and O–H groups in total. The van der Waals surface area contributed by atoms with Crippen LogP contribution in [0.3, 0.4) is 0 Å². The number of ether oxygens (including phenoxy) is 2. The Labute approximate surface area is 133 Å². The predicted molar refractivity (Wildman–Crippen MR) is 84.6 cm³/mol. The Balaban J connectivity index is 2.46. The third kappa shape index (κ3) is 7.64. The summed E-state index contributed by atoms with van der Waals surface area (Å²) in [6.07, 6.45) is 1.65. The summed E-state index contributed by atoms with van der Waals surface area (Å²) in [6, 6.07) is -0.121. The first kappa shape index (κ1) is 18.7. The maximum Gasteiger partial charge on any atom is 0.407 e. The van der Waals surface area contributed by atoms with E-state index in [0.29, 0.717) is 19.1 Å². The van der Waals surface area contributed by atoms with Gasteiger partial charge in [-0.3, -0.25) is 4.79 Å². The fraction of sp³-hybridized carbons (Fsp3) is 0.875. The van der Waals surface area contributed by atoms with Gasteiger partial charge in [-0.15, -0.1) is 0 Å². The Bertz CT molecular complexity index is 371. The van der Waals surface area contributed by atoms with Crippen molar-refractivity contribution in [1.82, 2.24) is 10.6 Å². The Morgan fingerprint density at radius 2 is 2.00 bits per heavy atom. The van der Waals surface area contributed by atoms with E-state index in [1.54, 1.807) is 0 Å². The fourth-order valence-electron chi connectivity index (χ4n) is 2.36. The summed E-state index contributed by atoms with van der Waals surface area (Å²) in [5, 5.41) is 5.70. The maximum absolute atomic E-state index is 12.1. The van der Waals surface area contributed by atoms with E-state index in [4.69, 9.17) is 9.47 Å². The van der Waals surface area contributed by atoms with E-state index in [9.17, 15) is 9.59 Å². The van der Waals surface area contributed by atoms with Crippen molar-refractivity contribution < 1.29 is 19.1 Å². The molecule has 1 heterocycles. The van der Waals surface area contributed by atoms with E-state index >= 15 is 0 Å². The number of hydrogen-bond donors (Lipinski definition) is 2. The molecule has 0 aromatic rings. The van der Waals surface area contributed by atoms with Crippen molar-refractivity contribution in [2.75, 3.05) is 13.2 Å². The predicted octanol–water partition coefficient (Wildman–Crippen LogP) is 2.22. The third-order valence-corrected chi connectivity index (χ3v) is 3.22. The van der Waals surface area contributed by atoms with E-state index in [-0.39, 0.29) is 18.1 Å². The van der Waals surface area contributed by atoms with Crippen LogP contribution in [0, 0.1) is 5.92 Å². The molecular weight excluding hydrogens is 284 g/mol. The topological polar surface area (TPSA) is 76.7 Å². The van der Waals surface area contributed by atoms with Crippen LogP contribution >= 0.6 is 0 Å². The summed E-state index contributed by atoms with van der Waals surface area (Å²) in [4.78, 5) is 23.9. The summed E-state index contributed by atoms with van der Waals surface area (Å²) >= 11 is 0. The zero-order chi connectivity index (χ0) is 16.8. The molecule has 0 unspecified atom stereocenters. The highest BCUT2D eigenvalue weighted by Crippen LogP contribution is 2.13. The molecule has 0 saturated carbocycles. The average Bonchev–Trinajstić information content (AvgIpc) is 2.86. The molecule has 0 aromatic heterocycles. The van der Waals surface area contributed by atoms with E-state index in [2.05, 4.69) is 24.5 Å². The minimum atomic E-state index is -0.529. The summed E-state index contributed by atoms with van der Waals surface area (Å²) in [6.45, 7) is 10.6. The molecule has 1 aliphatic heterocycles. The van der Waals surface area contributed by atoms with Crippen LogP contribution in [0.2, 0.25) is 0 Å². The highest BCUT2D eigenvalue weighted by atomic mass is 16.6. The van der Waals surface area contributed by atoms with Gasteiger partial charge in [-0.1, -0.05) is 13.8 Å². The van der Waals surface area contributed by atoms with Gasteiger partial charge in [0.1, 0.15) is 11.7 Å². The Hall–Kier alpha value is -1.30. The molecule has 22 heavy (non-hydrogen) atoms. The van der Waals surface area contributed by atoms with E-state index < -0.39 is 11.7 Å². The van der Waals surface area contributed by atoms with Crippen molar-refractivity contribution in [1.29, 1.82) is 0 Å². The van der Waals surface area contributed by atoms with Gasteiger partial charge in [0.25, 0.3) is 0 Å². The van der Waals surface area contributed by atoms with Gasteiger partial charge in [-0.05, 0) is 46.0 Å². The van der Waals surface area contributed by atoms with Gasteiger partial charge < -0.3 is 20.1 Å². The first-order valence-corrected chi connectivity index (χ1v) is 8.06. The summed E-state index contributed by atoms with van der Waals surface area (Å²) in [5.41, 5.74) is -0.529. The van der Waals surface area contributed by atoms with Gasteiger partial charge in [0.2, 0.25) is 5.91 Å². The van der Waals surface area contributed by atoms with Gasteiger partial charge in [0, 0.05) is 19.2 Å². The standard InChI is InChI=1S/C16H30N2O4/c1-11(2)9-12(10-17-15(20)22-16(3,4)5)18-14(19)13-7-6-8-21-13/h11-13H,6-10H2,1-5H3,(H,17,20)(H,18,19)/t12-,13-/m0/s1. The summed E-state index contributed by atoms with van der Waals surface area (Å²) < 4.78 is 10.6.